The lowest BCUT2D eigenvalue weighted by Gasteiger charge is -2.23. The van der Waals surface area contributed by atoms with Gasteiger partial charge in [-0.25, -0.2) is 13.6 Å². The number of nitro benzene ring substituents is 2. The van der Waals surface area contributed by atoms with Crippen molar-refractivity contribution in [1.29, 1.82) is 0 Å². The number of hydrogen-bond acceptors (Lipinski definition) is 7. The second-order valence-electron chi connectivity index (χ2n) is 9.74. The zero-order chi connectivity index (χ0) is 26.0. The fraction of sp³-hybridized carbons (Fsp3) is 0.435. The van der Waals surface area contributed by atoms with Crippen molar-refractivity contribution in [3.63, 3.8) is 0 Å². The third-order valence-electron chi connectivity index (χ3n) is 5.06. The van der Waals surface area contributed by atoms with Gasteiger partial charge in [-0.2, -0.15) is 0 Å². The van der Waals surface area contributed by atoms with E-state index in [1.807, 2.05) is 0 Å². The SMILES string of the molecule is CC(C)(C)c1cc(F)cc([N+](=O)[O-])c1COC(=O)OCc1c([N+](=O)[O-])cc(F)cc1C(C)(C)C. The summed E-state index contributed by atoms with van der Waals surface area (Å²) in [6, 6.07) is 3.73. The predicted molar refractivity (Wildman–Crippen MR) is 118 cm³/mol. The molecule has 184 valence electrons. The van der Waals surface area contributed by atoms with Gasteiger partial charge >= 0.3 is 6.16 Å². The maximum atomic E-state index is 14.0. The van der Waals surface area contributed by atoms with Crippen molar-refractivity contribution in [2.45, 2.75) is 65.6 Å². The molecular formula is C23H26F2N2O7. The van der Waals surface area contributed by atoms with Crippen molar-refractivity contribution in [1.82, 2.24) is 0 Å². The van der Waals surface area contributed by atoms with Gasteiger partial charge in [0.2, 0.25) is 0 Å². The Morgan fingerprint density at radius 3 is 1.35 bits per heavy atom. The lowest BCUT2D eigenvalue weighted by molar-refractivity contribution is -0.386. The fourth-order valence-electron chi connectivity index (χ4n) is 3.52. The van der Waals surface area contributed by atoms with Crippen LogP contribution in [0, 0.1) is 31.9 Å². The molecule has 0 bridgehead atoms. The summed E-state index contributed by atoms with van der Waals surface area (Å²) < 4.78 is 38.0. The molecule has 0 spiro atoms. The zero-order valence-electron chi connectivity index (χ0n) is 19.7. The van der Waals surface area contributed by atoms with Crippen molar-refractivity contribution in [2.75, 3.05) is 0 Å². The van der Waals surface area contributed by atoms with E-state index in [-0.39, 0.29) is 22.3 Å². The van der Waals surface area contributed by atoms with Gasteiger partial charge in [-0.1, -0.05) is 41.5 Å². The summed E-state index contributed by atoms with van der Waals surface area (Å²) >= 11 is 0. The molecule has 2 rings (SSSR count). The van der Waals surface area contributed by atoms with Gasteiger partial charge < -0.3 is 9.47 Å². The number of halogens is 2. The standard InChI is InChI=1S/C23H26F2N2O7/c1-22(2,3)17-7-13(24)9-19(26(29)30)15(17)11-33-21(28)34-12-16-18(23(4,5)6)8-14(25)10-20(16)27(31)32/h7-10H,11-12H2,1-6H3. The number of nitro groups is 2. The Morgan fingerprint density at radius 2 is 1.09 bits per heavy atom. The van der Waals surface area contributed by atoms with Crippen LogP contribution in [0.15, 0.2) is 24.3 Å². The van der Waals surface area contributed by atoms with E-state index in [1.165, 1.54) is 0 Å². The molecular weight excluding hydrogens is 454 g/mol. The first-order chi connectivity index (χ1) is 15.5. The minimum Gasteiger partial charge on any atom is -0.429 e. The van der Waals surface area contributed by atoms with E-state index >= 15 is 0 Å². The third-order valence-corrected chi connectivity index (χ3v) is 5.06. The Kier molecular flexibility index (Phi) is 7.59. The summed E-state index contributed by atoms with van der Waals surface area (Å²) in [5, 5.41) is 22.9. The van der Waals surface area contributed by atoms with Gasteiger partial charge in [-0.05, 0) is 34.1 Å². The molecule has 34 heavy (non-hydrogen) atoms. The van der Waals surface area contributed by atoms with Crippen LogP contribution in [-0.4, -0.2) is 16.0 Å². The first-order valence-electron chi connectivity index (χ1n) is 10.3. The smallest absolute Gasteiger partial charge is 0.429 e. The first kappa shape index (κ1) is 26.6. The normalized spacial score (nSPS) is 11.8. The summed E-state index contributed by atoms with van der Waals surface area (Å²) in [5.74, 6) is -1.61. The Balaban J connectivity index is 2.31. The second-order valence-corrected chi connectivity index (χ2v) is 9.74. The number of carbonyl (C=O) groups excluding carboxylic acids is 1. The summed E-state index contributed by atoms with van der Waals surface area (Å²) in [6.07, 6.45) is -1.25. The van der Waals surface area contributed by atoms with Crippen LogP contribution < -0.4 is 0 Å². The quantitative estimate of drug-likeness (QED) is 0.273. The minimum absolute atomic E-state index is 0.000932. The first-order valence-corrected chi connectivity index (χ1v) is 10.3. The highest BCUT2D eigenvalue weighted by Crippen LogP contribution is 2.35. The van der Waals surface area contributed by atoms with Crippen LogP contribution in [0.25, 0.3) is 0 Å². The Hall–Kier alpha value is -3.63. The van der Waals surface area contributed by atoms with E-state index in [1.54, 1.807) is 41.5 Å². The minimum atomic E-state index is -1.25. The molecule has 11 heteroatoms. The molecule has 0 N–H and O–H groups in total. The van der Waals surface area contributed by atoms with Gasteiger partial charge in [-0.15, -0.1) is 0 Å². The number of hydrogen-bond donors (Lipinski definition) is 0. The number of nitrogens with zero attached hydrogens (tertiary/aromatic N) is 2. The lowest BCUT2D eigenvalue weighted by atomic mass is 9.83. The van der Waals surface area contributed by atoms with Crippen LogP contribution in [0.4, 0.5) is 25.0 Å². The van der Waals surface area contributed by atoms with Gasteiger partial charge in [0.1, 0.15) is 24.8 Å². The highest BCUT2D eigenvalue weighted by molar-refractivity contribution is 5.61. The average Bonchev–Trinajstić information content (AvgIpc) is 2.69. The molecule has 0 aliphatic carbocycles. The van der Waals surface area contributed by atoms with Crippen LogP contribution in [0.5, 0.6) is 0 Å². The maximum Gasteiger partial charge on any atom is 0.508 e. The predicted octanol–water partition coefficient (Wildman–Crippen LogP) is 6.23. The highest BCUT2D eigenvalue weighted by Gasteiger charge is 2.30. The summed E-state index contributed by atoms with van der Waals surface area (Å²) in [5.41, 5.74) is -1.97. The number of ether oxygens (including phenoxy) is 2. The van der Waals surface area contributed by atoms with Gasteiger partial charge in [-0.3, -0.25) is 20.2 Å². The maximum absolute atomic E-state index is 14.0. The molecule has 0 saturated heterocycles. The molecule has 0 aliphatic rings. The number of rotatable bonds is 6. The van der Waals surface area contributed by atoms with Crippen LogP contribution in [0.1, 0.15) is 63.8 Å². The van der Waals surface area contributed by atoms with Crippen LogP contribution in [0.2, 0.25) is 0 Å². The molecule has 0 radical (unpaired) electrons. The topological polar surface area (TPSA) is 122 Å². The number of carbonyl (C=O) groups is 1. The molecule has 0 aromatic heterocycles. The zero-order valence-corrected chi connectivity index (χ0v) is 19.7. The summed E-state index contributed by atoms with van der Waals surface area (Å²) in [4.78, 5) is 33.6. The largest absolute Gasteiger partial charge is 0.508 e. The van der Waals surface area contributed by atoms with Crippen molar-refractivity contribution >= 4 is 17.5 Å². The highest BCUT2D eigenvalue weighted by atomic mass is 19.1. The summed E-state index contributed by atoms with van der Waals surface area (Å²) in [6.45, 7) is 9.14. The lowest BCUT2D eigenvalue weighted by Crippen LogP contribution is -2.19. The molecule has 9 nitrogen and oxygen atoms in total. The molecule has 2 aromatic carbocycles. The van der Waals surface area contributed by atoms with Crippen LogP contribution in [-0.2, 0) is 33.5 Å². The second kappa shape index (κ2) is 9.70. The molecule has 0 unspecified atom stereocenters. The molecule has 0 fully saturated rings. The fourth-order valence-corrected chi connectivity index (χ4v) is 3.52. The molecule has 0 heterocycles. The third kappa shape index (κ3) is 6.24. The van der Waals surface area contributed by atoms with E-state index in [2.05, 4.69) is 0 Å². The Bertz CT molecular complexity index is 1050. The molecule has 0 amide bonds. The molecule has 2 aromatic rings. The van der Waals surface area contributed by atoms with E-state index in [9.17, 15) is 33.8 Å². The Labute approximate surface area is 195 Å². The van der Waals surface area contributed by atoms with Crippen molar-refractivity contribution in [3.8, 4) is 0 Å². The van der Waals surface area contributed by atoms with E-state index in [4.69, 9.17) is 9.47 Å². The molecule has 0 aliphatic heterocycles. The van der Waals surface area contributed by atoms with Gasteiger partial charge in [0.15, 0.2) is 0 Å². The van der Waals surface area contributed by atoms with Gasteiger partial charge in [0.25, 0.3) is 11.4 Å². The van der Waals surface area contributed by atoms with Gasteiger partial charge in [0.05, 0.1) is 33.1 Å². The molecule has 0 atom stereocenters. The number of benzene rings is 2. The van der Waals surface area contributed by atoms with E-state index in [0.717, 1.165) is 24.3 Å². The average molecular weight is 480 g/mol. The van der Waals surface area contributed by atoms with Crippen molar-refractivity contribution in [2.24, 2.45) is 0 Å². The van der Waals surface area contributed by atoms with Crippen LogP contribution >= 0.6 is 0 Å². The van der Waals surface area contributed by atoms with Crippen molar-refractivity contribution in [3.05, 3.63) is 78.4 Å². The van der Waals surface area contributed by atoms with Crippen LogP contribution in [0.3, 0.4) is 0 Å². The van der Waals surface area contributed by atoms with Crippen molar-refractivity contribution < 1.29 is 32.9 Å². The van der Waals surface area contributed by atoms with Gasteiger partial charge in [0, 0.05) is 0 Å². The molecule has 0 saturated carbocycles. The Morgan fingerprint density at radius 1 is 0.765 bits per heavy atom. The van der Waals surface area contributed by atoms with E-state index < -0.39 is 63.1 Å². The monoisotopic (exact) mass is 480 g/mol. The van der Waals surface area contributed by atoms with E-state index in [0.29, 0.717) is 0 Å². The summed E-state index contributed by atoms with van der Waals surface area (Å²) in [7, 11) is 0.